The van der Waals surface area contributed by atoms with Crippen LogP contribution in [0, 0.1) is 34.9 Å². The van der Waals surface area contributed by atoms with Gasteiger partial charge < -0.3 is 31.1 Å². The van der Waals surface area contributed by atoms with Crippen LogP contribution in [0.1, 0.15) is 68.9 Å². The minimum Gasteiger partial charge on any atom is -0.361 e. The number of aromatic amines is 1. The Kier molecular flexibility index (Phi) is 10.6. The van der Waals surface area contributed by atoms with Gasteiger partial charge in [-0.05, 0) is 79.8 Å². The highest BCUT2D eigenvalue weighted by molar-refractivity contribution is 5.89. The van der Waals surface area contributed by atoms with Crippen LogP contribution in [0.25, 0.3) is 10.9 Å². The first-order chi connectivity index (χ1) is 21.3. The highest BCUT2D eigenvalue weighted by Gasteiger charge is 2.56. The van der Waals surface area contributed by atoms with Gasteiger partial charge in [-0.3, -0.25) is 4.79 Å². The van der Waals surface area contributed by atoms with Crippen LogP contribution in [0.5, 0.6) is 0 Å². The molecule has 1 amide bonds. The van der Waals surface area contributed by atoms with Crippen molar-refractivity contribution in [1.29, 1.82) is 5.41 Å². The number of hydrogen-bond donors (Lipinski definition) is 4. The zero-order valence-corrected chi connectivity index (χ0v) is 26.1. The number of hydrogen-bond acceptors (Lipinski definition) is 5. The molecule has 2 heterocycles. The molecule has 0 radical (unpaired) electrons. The second-order valence-corrected chi connectivity index (χ2v) is 13.0. The molecule has 7 nitrogen and oxygen atoms in total. The van der Waals surface area contributed by atoms with Crippen molar-refractivity contribution in [1.82, 2.24) is 15.2 Å². The molecule has 0 spiro atoms. The summed E-state index contributed by atoms with van der Waals surface area (Å²) in [4.78, 5) is 28.4. The number of carbonyl (C=O) groups is 2. The predicted molar refractivity (Wildman–Crippen MR) is 174 cm³/mol. The molecule has 2 aliphatic carbocycles. The minimum absolute atomic E-state index is 0.0595. The number of likely N-dealkylation sites (tertiary alicyclic amines) is 1. The highest BCUT2D eigenvalue weighted by Crippen LogP contribution is 2.52. The summed E-state index contributed by atoms with van der Waals surface area (Å²) >= 11 is 0. The number of nitrogens with two attached hydrogens (primary N) is 1. The number of nitrogens with one attached hydrogen (secondary N) is 3. The number of nitrogens with zero attached hydrogens (tertiary/aromatic N) is 1. The first kappa shape index (κ1) is 32.0. The van der Waals surface area contributed by atoms with Crippen molar-refractivity contribution in [3.05, 3.63) is 71.7 Å². The Morgan fingerprint density at radius 3 is 2.61 bits per heavy atom. The number of aryl methyl sites for hydroxylation is 1. The molecule has 2 aromatic carbocycles. The molecule has 3 aliphatic rings. The summed E-state index contributed by atoms with van der Waals surface area (Å²) in [6.07, 6.45) is 11.0. The van der Waals surface area contributed by atoms with Crippen molar-refractivity contribution in [3.8, 4) is 0 Å². The van der Waals surface area contributed by atoms with Gasteiger partial charge in [-0.2, -0.15) is 0 Å². The van der Waals surface area contributed by atoms with E-state index in [1.165, 1.54) is 38.2 Å². The summed E-state index contributed by atoms with van der Waals surface area (Å²) in [7, 11) is 1.73. The normalized spacial score (nSPS) is 25.7. The van der Waals surface area contributed by atoms with E-state index in [0.29, 0.717) is 31.8 Å². The van der Waals surface area contributed by atoms with Crippen LogP contribution in [0.4, 0.5) is 4.39 Å². The third-order valence-electron chi connectivity index (χ3n) is 10.4. The standard InChI is InChI=1S/C33H41FN4O.C3H7NO/c1-20(22-10-6-3-7-11-22)32(36)25-17-28(35)33-31(25)27(26-18-37-29-16-23(34)13-14-24(26)29)19-38(33)30(39)15-12-21-8-4-2-5-9-21;1-4-2-3-5/h2,4-5,8-9,13-14,16,18,20,22,25,27-28,31,33,36-37H,3,6-7,10-12,15,17,19,35H2,1H3;3-4H,2H2,1H3/t20?,25?,27-,28?,31-,33-;/m1./s1. The Morgan fingerprint density at radius 2 is 1.93 bits per heavy atom. The van der Waals surface area contributed by atoms with Crippen LogP contribution in [-0.2, 0) is 16.0 Å². The third kappa shape index (κ3) is 6.81. The van der Waals surface area contributed by atoms with Gasteiger partial charge in [0.25, 0.3) is 0 Å². The Bertz CT molecular complexity index is 1420. The second kappa shape index (κ2) is 14.6. The molecule has 0 bridgehead atoms. The topological polar surface area (TPSA) is 115 Å². The molecular formula is C36H48FN5O2. The number of H-pyrrole nitrogens is 1. The van der Waals surface area contributed by atoms with Gasteiger partial charge in [0.15, 0.2) is 0 Å². The SMILES string of the molecule is CC(C(=N)C1CC(N)[C@@H]2[C@H]1[C@@H](c1c[nH]c3cc(F)ccc13)CN2C(=O)CCc1ccccc1)C1CCCCC1.CNCC=O. The summed E-state index contributed by atoms with van der Waals surface area (Å²) in [6, 6.07) is 14.8. The molecule has 2 saturated carbocycles. The fourth-order valence-corrected chi connectivity index (χ4v) is 8.21. The van der Waals surface area contributed by atoms with Crippen molar-refractivity contribution >= 4 is 28.8 Å². The summed E-state index contributed by atoms with van der Waals surface area (Å²) in [5.41, 5.74) is 10.8. The third-order valence-corrected chi connectivity index (χ3v) is 10.4. The van der Waals surface area contributed by atoms with Gasteiger partial charge >= 0.3 is 0 Å². The number of halogens is 1. The number of likely N-dealkylation sites (N-methyl/N-ethyl adjacent to an activating group) is 1. The molecule has 1 aliphatic heterocycles. The number of benzene rings is 2. The highest BCUT2D eigenvalue weighted by atomic mass is 19.1. The van der Waals surface area contributed by atoms with Gasteiger partial charge in [0, 0.05) is 53.7 Å². The van der Waals surface area contributed by atoms with Gasteiger partial charge in [0.1, 0.15) is 12.1 Å². The molecule has 6 rings (SSSR count). The summed E-state index contributed by atoms with van der Waals surface area (Å²) in [6.45, 7) is 3.31. The average molecular weight is 602 g/mol. The van der Waals surface area contributed by atoms with Gasteiger partial charge in [0.05, 0.1) is 12.6 Å². The lowest BCUT2D eigenvalue weighted by Gasteiger charge is -2.33. The quantitative estimate of drug-likeness (QED) is 0.182. The van der Waals surface area contributed by atoms with E-state index in [1.807, 2.05) is 35.4 Å². The van der Waals surface area contributed by atoms with E-state index >= 15 is 0 Å². The number of amides is 1. The molecule has 6 atom stereocenters. The first-order valence-corrected chi connectivity index (χ1v) is 16.4. The molecule has 5 N–H and O–H groups in total. The fraction of sp³-hybridized carbons (Fsp3) is 0.528. The monoisotopic (exact) mass is 601 g/mol. The Balaban J connectivity index is 0.000000712. The fourth-order valence-electron chi connectivity index (χ4n) is 8.21. The number of fused-ring (bicyclic) bond motifs is 2. The largest absolute Gasteiger partial charge is 0.361 e. The molecule has 3 unspecified atom stereocenters. The van der Waals surface area contributed by atoms with E-state index in [4.69, 9.17) is 5.73 Å². The molecular weight excluding hydrogens is 553 g/mol. The average Bonchev–Trinajstić information content (AvgIpc) is 3.74. The zero-order valence-electron chi connectivity index (χ0n) is 26.1. The Labute approximate surface area is 260 Å². The Hall–Kier alpha value is -3.36. The van der Waals surface area contributed by atoms with Crippen LogP contribution >= 0.6 is 0 Å². The Morgan fingerprint density at radius 1 is 1.18 bits per heavy atom. The first-order valence-electron chi connectivity index (χ1n) is 16.4. The molecule has 236 valence electrons. The van der Waals surface area contributed by atoms with Crippen molar-refractivity contribution < 1.29 is 14.0 Å². The van der Waals surface area contributed by atoms with Gasteiger partial charge in [-0.1, -0.05) is 56.5 Å². The second-order valence-electron chi connectivity index (χ2n) is 13.0. The number of rotatable bonds is 9. The van der Waals surface area contributed by atoms with Crippen LogP contribution in [0.15, 0.2) is 54.7 Å². The van der Waals surface area contributed by atoms with E-state index in [2.05, 4.69) is 29.4 Å². The smallest absolute Gasteiger partial charge is 0.223 e. The number of aromatic nitrogens is 1. The lowest BCUT2D eigenvalue weighted by Crippen LogP contribution is -2.46. The maximum atomic E-state index is 14.0. The minimum atomic E-state index is -0.262. The number of aldehydes is 1. The molecule has 3 aromatic rings. The molecule has 1 aromatic heterocycles. The number of carbonyl (C=O) groups excluding carboxylic acids is 2. The lowest BCUT2D eigenvalue weighted by molar-refractivity contribution is -0.132. The van der Waals surface area contributed by atoms with Crippen LogP contribution in [0.2, 0.25) is 0 Å². The van der Waals surface area contributed by atoms with Crippen molar-refractivity contribution in [3.63, 3.8) is 0 Å². The van der Waals surface area contributed by atoms with Crippen molar-refractivity contribution in [2.24, 2.45) is 29.4 Å². The van der Waals surface area contributed by atoms with E-state index in [-0.39, 0.29) is 47.5 Å². The van der Waals surface area contributed by atoms with Crippen molar-refractivity contribution in [2.45, 2.75) is 76.3 Å². The van der Waals surface area contributed by atoms with Gasteiger partial charge in [-0.15, -0.1) is 0 Å². The van der Waals surface area contributed by atoms with E-state index < -0.39 is 0 Å². The summed E-state index contributed by atoms with van der Waals surface area (Å²) in [5, 5.41) is 13.1. The van der Waals surface area contributed by atoms with Crippen LogP contribution in [-0.4, -0.2) is 60.0 Å². The van der Waals surface area contributed by atoms with Gasteiger partial charge in [-0.25, -0.2) is 4.39 Å². The molecule has 8 heteroatoms. The van der Waals surface area contributed by atoms with Crippen LogP contribution in [0.3, 0.4) is 0 Å². The summed E-state index contributed by atoms with van der Waals surface area (Å²) in [5.74, 6) is 0.912. The molecule has 1 saturated heterocycles. The van der Waals surface area contributed by atoms with Crippen molar-refractivity contribution in [2.75, 3.05) is 20.1 Å². The molecule has 44 heavy (non-hydrogen) atoms. The van der Waals surface area contributed by atoms with Gasteiger partial charge in [0.2, 0.25) is 5.91 Å². The predicted octanol–water partition coefficient (Wildman–Crippen LogP) is 5.84. The van der Waals surface area contributed by atoms with E-state index in [9.17, 15) is 19.4 Å². The molecule has 3 fully saturated rings. The summed E-state index contributed by atoms with van der Waals surface area (Å²) < 4.78 is 14.0. The maximum absolute atomic E-state index is 14.0. The van der Waals surface area contributed by atoms with Crippen LogP contribution < -0.4 is 11.1 Å². The zero-order chi connectivity index (χ0) is 31.2. The maximum Gasteiger partial charge on any atom is 0.223 e. The van der Waals surface area contributed by atoms with E-state index in [0.717, 1.165) is 40.4 Å². The lowest BCUT2D eigenvalue weighted by atomic mass is 9.71. The van der Waals surface area contributed by atoms with E-state index in [1.54, 1.807) is 13.1 Å².